The van der Waals surface area contributed by atoms with Crippen molar-refractivity contribution in [2.45, 2.75) is 20.8 Å². The quantitative estimate of drug-likeness (QED) is 0.459. The third-order valence-corrected chi connectivity index (χ3v) is 3.27. The van der Waals surface area contributed by atoms with Crippen molar-refractivity contribution in [3.8, 4) is 0 Å². The second-order valence-electron chi connectivity index (χ2n) is 4.82. The number of rotatable bonds is 4. The summed E-state index contributed by atoms with van der Waals surface area (Å²) in [7, 11) is 0. The summed E-state index contributed by atoms with van der Waals surface area (Å²) in [4.78, 5) is 2.27. The highest BCUT2D eigenvalue weighted by Crippen LogP contribution is 2.29. The lowest BCUT2D eigenvalue weighted by Crippen LogP contribution is -2.14. The van der Waals surface area contributed by atoms with Gasteiger partial charge in [-0.25, -0.2) is 0 Å². The van der Waals surface area contributed by atoms with Crippen LogP contribution >= 0.6 is 0 Å². The molecule has 0 atom stereocenters. The molecule has 0 bridgehead atoms. The fourth-order valence-corrected chi connectivity index (χ4v) is 2.19. The Balaban J connectivity index is 0.00000116. The van der Waals surface area contributed by atoms with Gasteiger partial charge in [0, 0.05) is 17.1 Å². The minimum Gasteiger partial charge on any atom is -0.315 e. The normalized spacial score (nSPS) is 11.4. The minimum absolute atomic E-state index is 1.18. The zero-order valence-corrected chi connectivity index (χ0v) is 13.8. The molecule has 0 spiro atoms. The molecule has 0 aliphatic carbocycles. The van der Waals surface area contributed by atoms with Crippen molar-refractivity contribution in [1.29, 1.82) is 0 Å². The fourth-order valence-electron chi connectivity index (χ4n) is 2.19. The topological polar surface area (TPSA) is 3.24 Å². The first-order chi connectivity index (χ1) is 10.7. The van der Waals surface area contributed by atoms with E-state index in [1.165, 1.54) is 22.6 Å². The maximum Gasteiger partial charge on any atom is 0.0458 e. The minimum atomic E-state index is 1.18. The van der Waals surface area contributed by atoms with E-state index < -0.39 is 0 Å². The second kappa shape index (κ2) is 9.41. The lowest BCUT2D eigenvalue weighted by molar-refractivity contribution is 1.15. The van der Waals surface area contributed by atoms with Gasteiger partial charge in [-0.05, 0) is 51.1 Å². The van der Waals surface area contributed by atoms with Crippen molar-refractivity contribution in [3.05, 3.63) is 97.2 Å². The molecule has 0 heterocycles. The average molecular weight is 291 g/mol. The van der Waals surface area contributed by atoms with E-state index in [1.54, 1.807) is 0 Å². The number of nitrogens with zero attached hydrogens (tertiary/aromatic N) is 1. The summed E-state index contributed by atoms with van der Waals surface area (Å²) in [6.45, 7) is 12.3. The van der Waals surface area contributed by atoms with Crippen molar-refractivity contribution in [1.82, 2.24) is 0 Å². The number of allylic oxidation sites excluding steroid dienone is 4. The molecular formula is C21H25N. The smallest absolute Gasteiger partial charge is 0.0458 e. The summed E-state index contributed by atoms with van der Waals surface area (Å²) in [5.41, 5.74) is 4.82. The Morgan fingerprint density at radius 1 is 0.818 bits per heavy atom. The molecule has 0 N–H and O–H groups in total. The molecule has 0 fully saturated rings. The van der Waals surface area contributed by atoms with Gasteiger partial charge in [0.25, 0.3) is 0 Å². The van der Waals surface area contributed by atoms with E-state index in [4.69, 9.17) is 0 Å². The Hall–Kier alpha value is -2.54. The lowest BCUT2D eigenvalue weighted by Gasteiger charge is -2.26. The molecule has 0 aliphatic rings. The highest BCUT2D eigenvalue weighted by atomic mass is 15.1. The Morgan fingerprint density at radius 2 is 1.23 bits per heavy atom. The monoisotopic (exact) mass is 291 g/mol. The van der Waals surface area contributed by atoms with Crippen molar-refractivity contribution in [2.24, 2.45) is 0 Å². The van der Waals surface area contributed by atoms with Gasteiger partial charge in [0.2, 0.25) is 0 Å². The van der Waals surface area contributed by atoms with Gasteiger partial charge in [0.05, 0.1) is 0 Å². The predicted molar refractivity (Wildman–Crippen MR) is 99.5 cm³/mol. The van der Waals surface area contributed by atoms with Crippen LogP contribution in [0.2, 0.25) is 0 Å². The summed E-state index contributed by atoms with van der Waals surface area (Å²) in [5.74, 6) is 0. The molecule has 0 saturated heterocycles. The van der Waals surface area contributed by atoms with E-state index >= 15 is 0 Å². The molecule has 2 rings (SSSR count). The molecule has 0 aromatic heterocycles. The second-order valence-corrected chi connectivity index (χ2v) is 4.82. The molecule has 0 aliphatic heterocycles. The summed E-state index contributed by atoms with van der Waals surface area (Å²) in [5, 5.41) is 0. The van der Waals surface area contributed by atoms with Crippen LogP contribution in [-0.4, -0.2) is 0 Å². The molecule has 1 heteroatoms. The van der Waals surface area contributed by atoms with Crippen LogP contribution in [0.1, 0.15) is 20.8 Å². The van der Waals surface area contributed by atoms with Crippen LogP contribution in [0.4, 0.5) is 11.4 Å². The molecule has 2 aromatic rings. The molecule has 0 radical (unpaired) electrons. The third-order valence-electron chi connectivity index (χ3n) is 3.27. The van der Waals surface area contributed by atoms with Gasteiger partial charge >= 0.3 is 0 Å². The molecular weight excluding hydrogens is 266 g/mol. The molecule has 0 amide bonds. The maximum absolute atomic E-state index is 3.00. The Bertz CT molecular complexity index is 569. The SMILES string of the molecule is C/C=C(C)\C=C(/C)N(c1ccccc1)c1ccccc1.C=C. The van der Waals surface area contributed by atoms with Gasteiger partial charge in [-0.2, -0.15) is 0 Å². The van der Waals surface area contributed by atoms with Gasteiger partial charge < -0.3 is 4.90 Å². The molecule has 2 aromatic carbocycles. The van der Waals surface area contributed by atoms with Crippen molar-refractivity contribution < 1.29 is 0 Å². The number of para-hydroxylation sites is 2. The summed E-state index contributed by atoms with van der Waals surface area (Å²) >= 11 is 0. The van der Waals surface area contributed by atoms with Gasteiger partial charge in [0.1, 0.15) is 0 Å². The summed E-state index contributed by atoms with van der Waals surface area (Å²) < 4.78 is 0. The lowest BCUT2D eigenvalue weighted by atomic mass is 10.2. The Morgan fingerprint density at radius 3 is 1.59 bits per heavy atom. The fraction of sp³-hybridized carbons (Fsp3) is 0.143. The number of benzene rings is 2. The predicted octanol–water partition coefficient (Wildman–Crippen LogP) is 6.50. The Kier molecular flexibility index (Phi) is 7.49. The molecule has 0 saturated carbocycles. The first kappa shape index (κ1) is 17.5. The van der Waals surface area contributed by atoms with Crippen LogP contribution in [0.25, 0.3) is 0 Å². The average Bonchev–Trinajstić information content (AvgIpc) is 2.58. The largest absolute Gasteiger partial charge is 0.315 e. The van der Waals surface area contributed by atoms with E-state index in [9.17, 15) is 0 Å². The highest BCUT2D eigenvalue weighted by molar-refractivity contribution is 5.68. The van der Waals surface area contributed by atoms with Crippen molar-refractivity contribution >= 4 is 11.4 Å². The van der Waals surface area contributed by atoms with Crippen LogP contribution < -0.4 is 4.90 Å². The van der Waals surface area contributed by atoms with Crippen LogP contribution in [0.3, 0.4) is 0 Å². The van der Waals surface area contributed by atoms with E-state index in [-0.39, 0.29) is 0 Å². The zero-order chi connectivity index (χ0) is 16.4. The molecule has 114 valence electrons. The first-order valence-electron chi connectivity index (χ1n) is 7.44. The van der Waals surface area contributed by atoms with E-state index in [2.05, 4.69) is 99.5 Å². The van der Waals surface area contributed by atoms with Gasteiger partial charge in [-0.1, -0.05) is 48.0 Å². The summed E-state index contributed by atoms with van der Waals surface area (Å²) in [6.07, 6.45) is 4.33. The number of hydrogen-bond acceptors (Lipinski definition) is 1. The van der Waals surface area contributed by atoms with Crippen LogP contribution in [0.15, 0.2) is 97.2 Å². The molecule has 0 unspecified atom stereocenters. The van der Waals surface area contributed by atoms with E-state index in [0.717, 1.165) is 0 Å². The van der Waals surface area contributed by atoms with Crippen molar-refractivity contribution in [3.63, 3.8) is 0 Å². The van der Waals surface area contributed by atoms with Crippen molar-refractivity contribution in [2.75, 3.05) is 4.90 Å². The Labute approximate surface area is 134 Å². The number of anilines is 2. The third kappa shape index (κ3) is 4.78. The zero-order valence-electron chi connectivity index (χ0n) is 13.8. The van der Waals surface area contributed by atoms with Gasteiger partial charge in [-0.15, -0.1) is 13.2 Å². The van der Waals surface area contributed by atoms with Crippen LogP contribution in [-0.2, 0) is 0 Å². The van der Waals surface area contributed by atoms with Crippen LogP contribution in [0, 0.1) is 0 Å². The standard InChI is InChI=1S/C19H21N.C2H4/c1-4-16(2)15-17(3)20(18-11-7-5-8-12-18)19-13-9-6-10-14-19;1-2/h4-15H,1-3H3;1-2H2/b16-4-,17-15+;. The van der Waals surface area contributed by atoms with Gasteiger partial charge in [-0.3, -0.25) is 0 Å². The molecule has 22 heavy (non-hydrogen) atoms. The molecule has 1 nitrogen and oxygen atoms in total. The summed E-state index contributed by atoms with van der Waals surface area (Å²) in [6, 6.07) is 20.9. The maximum atomic E-state index is 3.00. The van der Waals surface area contributed by atoms with E-state index in [1.807, 2.05) is 12.1 Å². The number of hydrogen-bond donors (Lipinski definition) is 0. The van der Waals surface area contributed by atoms with Crippen LogP contribution in [0.5, 0.6) is 0 Å². The first-order valence-corrected chi connectivity index (χ1v) is 7.44. The van der Waals surface area contributed by atoms with E-state index in [0.29, 0.717) is 0 Å². The highest BCUT2D eigenvalue weighted by Gasteiger charge is 2.10. The van der Waals surface area contributed by atoms with Gasteiger partial charge in [0.15, 0.2) is 0 Å².